The zero-order valence-corrected chi connectivity index (χ0v) is 16.9. The maximum Gasteiger partial charge on any atom is -0.00773 e. The van der Waals surface area contributed by atoms with E-state index in [2.05, 4.69) is 19.1 Å². The second kappa shape index (κ2) is 22.7. The van der Waals surface area contributed by atoms with E-state index in [-0.39, 0.29) is 0 Å². The standard InChI is InChI=1S/C23H47N/c1-2-3-4-5-6-7-8-9-10-11-12-13-14-15-16-17-18-19-20-21-22-23-24/h9-10H,2-8,11-24H2,1H3/b10-9-. The van der Waals surface area contributed by atoms with Crippen LogP contribution < -0.4 is 5.73 Å². The van der Waals surface area contributed by atoms with Crippen molar-refractivity contribution in [1.82, 2.24) is 0 Å². The van der Waals surface area contributed by atoms with Gasteiger partial charge >= 0.3 is 0 Å². The molecule has 0 aromatic rings. The van der Waals surface area contributed by atoms with Crippen molar-refractivity contribution >= 4 is 0 Å². The van der Waals surface area contributed by atoms with Gasteiger partial charge in [0, 0.05) is 0 Å². The number of allylic oxidation sites excluding steroid dienone is 2. The van der Waals surface area contributed by atoms with Crippen LogP contribution in [0.25, 0.3) is 0 Å². The number of nitrogens with two attached hydrogens (primary N) is 1. The van der Waals surface area contributed by atoms with Gasteiger partial charge in [-0.25, -0.2) is 0 Å². The van der Waals surface area contributed by atoms with Crippen molar-refractivity contribution < 1.29 is 0 Å². The summed E-state index contributed by atoms with van der Waals surface area (Å²) >= 11 is 0. The van der Waals surface area contributed by atoms with E-state index in [1.165, 1.54) is 122 Å². The summed E-state index contributed by atoms with van der Waals surface area (Å²) in [4.78, 5) is 0. The summed E-state index contributed by atoms with van der Waals surface area (Å²) in [5, 5.41) is 0. The van der Waals surface area contributed by atoms with Gasteiger partial charge < -0.3 is 5.73 Å². The maximum absolute atomic E-state index is 5.51. The molecule has 2 N–H and O–H groups in total. The van der Waals surface area contributed by atoms with Crippen LogP contribution in [0.5, 0.6) is 0 Å². The average molecular weight is 338 g/mol. The van der Waals surface area contributed by atoms with Crippen molar-refractivity contribution in [3.8, 4) is 0 Å². The second-order valence-electron chi connectivity index (χ2n) is 7.49. The molecule has 24 heavy (non-hydrogen) atoms. The third-order valence-electron chi connectivity index (χ3n) is 4.97. The fraction of sp³-hybridized carbons (Fsp3) is 0.913. The van der Waals surface area contributed by atoms with Crippen LogP contribution in [0.2, 0.25) is 0 Å². The molecule has 0 fully saturated rings. The Bertz CT molecular complexity index is 234. The molecule has 0 heterocycles. The molecule has 0 saturated carbocycles. The maximum atomic E-state index is 5.51. The third kappa shape index (κ3) is 21.7. The lowest BCUT2D eigenvalue weighted by Gasteiger charge is -2.02. The molecule has 0 aliphatic heterocycles. The van der Waals surface area contributed by atoms with E-state index in [4.69, 9.17) is 5.73 Å². The van der Waals surface area contributed by atoms with Crippen molar-refractivity contribution in [2.75, 3.05) is 6.54 Å². The van der Waals surface area contributed by atoms with Crippen LogP contribution in [0.15, 0.2) is 12.2 Å². The minimum Gasteiger partial charge on any atom is -0.330 e. The molecule has 0 aromatic carbocycles. The predicted molar refractivity (Wildman–Crippen MR) is 112 cm³/mol. The average Bonchev–Trinajstić information content (AvgIpc) is 2.60. The predicted octanol–water partition coefficient (Wildman–Crippen LogP) is 7.93. The summed E-state index contributed by atoms with van der Waals surface area (Å²) < 4.78 is 0. The first kappa shape index (κ1) is 23.7. The number of unbranched alkanes of at least 4 members (excludes halogenated alkanes) is 17. The summed E-state index contributed by atoms with van der Waals surface area (Å²) in [6.07, 6.45) is 31.3. The minimum atomic E-state index is 0.869. The van der Waals surface area contributed by atoms with E-state index in [0.29, 0.717) is 0 Å². The molecule has 0 radical (unpaired) electrons. The topological polar surface area (TPSA) is 26.0 Å². The van der Waals surface area contributed by atoms with E-state index in [9.17, 15) is 0 Å². The van der Waals surface area contributed by atoms with Gasteiger partial charge in [0.1, 0.15) is 0 Å². The molecule has 0 unspecified atom stereocenters. The lowest BCUT2D eigenvalue weighted by molar-refractivity contribution is 0.547. The van der Waals surface area contributed by atoms with E-state index < -0.39 is 0 Å². The van der Waals surface area contributed by atoms with Gasteiger partial charge in [-0.3, -0.25) is 0 Å². The summed E-state index contributed by atoms with van der Waals surface area (Å²) in [7, 11) is 0. The summed E-state index contributed by atoms with van der Waals surface area (Å²) in [5.74, 6) is 0. The zero-order chi connectivity index (χ0) is 17.6. The Hall–Kier alpha value is -0.300. The number of rotatable bonds is 20. The number of hydrogen-bond donors (Lipinski definition) is 1. The lowest BCUT2D eigenvalue weighted by Crippen LogP contribution is -1.97. The smallest absolute Gasteiger partial charge is 0.00773 e. The summed E-state index contributed by atoms with van der Waals surface area (Å²) in [6, 6.07) is 0. The van der Waals surface area contributed by atoms with Gasteiger partial charge in [0.25, 0.3) is 0 Å². The Balaban J connectivity index is 3.03. The molecule has 0 spiro atoms. The van der Waals surface area contributed by atoms with Crippen LogP contribution >= 0.6 is 0 Å². The van der Waals surface area contributed by atoms with Crippen LogP contribution in [0.1, 0.15) is 129 Å². The third-order valence-corrected chi connectivity index (χ3v) is 4.97. The molecule has 0 bridgehead atoms. The Kier molecular flexibility index (Phi) is 22.4. The lowest BCUT2D eigenvalue weighted by atomic mass is 10.0. The van der Waals surface area contributed by atoms with Crippen LogP contribution in [0.4, 0.5) is 0 Å². The van der Waals surface area contributed by atoms with Crippen molar-refractivity contribution in [3.63, 3.8) is 0 Å². The van der Waals surface area contributed by atoms with E-state index >= 15 is 0 Å². The fourth-order valence-electron chi connectivity index (χ4n) is 3.28. The van der Waals surface area contributed by atoms with Gasteiger partial charge in [0.2, 0.25) is 0 Å². The minimum absolute atomic E-state index is 0.869. The Morgan fingerprint density at radius 1 is 0.458 bits per heavy atom. The highest BCUT2D eigenvalue weighted by Crippen LogP contribution is 2.12. The number of hydrogen-bond acceptors (Lipinski definition) is 1. The Morgan fingerprint density at radius 2 is 0.792 bits per heavy atom. The van der Waals surface area contributed by atoms with Gasteiger partial charge in [0.05, 0.1) is 0 Å². The van der Waals surface area contributed by atoms with E-state index in [1.807, 2.05) is 0 Å². The van der Waals surface area contributed by atoms with Gasteiger partial charge in [-0.1, -0.05) is 109 Å². The normalized spacial score (nSPS) is 11.6. The second-order valence-corrected chi connectivity index (χ2v) is 7.49. The molecular weight excluding hydrogens is 290 g/mol. The van der Waals surface area contributed by atoms with Gasteiger partial charge in [-0.2, -0.15) is 0 Å². The molecule has 0 atom stereocenters. The largest absolute Gasteiger partial charge is 0.330 e. The molecule has 0 aliphatic rings. The Morgan fingerprint density at radius 3 is 1.17 bits per heavy atom. The van der Waals surface area contributed by atoms with Gasteiger partial charge in [0.15, 0.2) is 0 Å². The molecule has 144 valence electrons. The fourth-order valence-corrected chi connectivity index (χ4v) is 3.28. The van der Waals surface area contributed by atoms with Crippen LogP contribution in [0, 0.1) is 0 Å². The van der Waals surface area contributed by atoms with Crippen LogP contribution in [-0.2, 0) is 0 Å². The van der Waals surface area contributed by atoms with Crippen molar-refractivity contribution in [3.05, 3.63) is 12.2 Å². The van der Waals surface area contributed by atoms with Crippen molar-refractivity contribution in [2.24, 2.45) is 5.73 Å². The van der Waals surface area contributed by atoms with Crippen LogP contribution in [-0.4, -0.2) is 6.54 Å². The zero-order valence-electron chi connectivity index (χ0n) is 16.9. The highest BCUT2D eigenvalue weighted by Gasteiger charge is 1.93. The molecule has 0 amide bonds. The molecule has 0 rings (SSSR count). The summed E-state index contributed by atoms with van der Waals surface area (Å²) in [6.45, 7) is 3.16. The van der Waals surface area contributed by atoms with Gasteiger partial charge in [-0.05, 0) is 38.6 Å². The van der Waals surface area contributed by atoms with Crippen LogP contribution in [0.3, 0.4) is 0 Å². The van der Waals surface area contributed by atoms with Gasteiger partial charge in [-0.15, -0.1) is 0 Å². The molecule has 1 nitrogen and oxygen atoms in total. The summed E-state index contributed by atoms with van der Waals surface area (Å²) in [5.41, 5.74) is 5.51. The molecular formula is C23H47N. The quantitative estimate of drug-likeness (QED) is 0.177. The SMILES string of the molecule is CCCCCCCC/C=C\CCCCCCCCCCCCCN. The Labute approximate surface area is 153 Å². The highest BCUT2D eigenvalue weighted by molar-refractivity contribution is 4.81. The first-order chi connectivity index (χ1) is 11.9. The van der Waals surface area contributed by atoms with E-state index in [0.717, 1.165) is 6.54 Å². The molecule has 0 aliphatic carbocycles. The monoisotopic (exact) mass is 337 g/mol. The van der Waals surface area contributed by atoms with E-state index in [1.54, 1.807) is 0 Å². The molecule has 1 heteroatoms. The van der Waals surface area contributed by atoms with Crippen molar-refractivity contribution in [2.45, 2.75) is 129 Å². The first-order valence-electron chi connectivity index (χ1n) is 11.3. The first-order valence-corrected chi connectivity index (χ1v) is 11.3. The van der Waals surface area contributed by atoms with Crippen molar-refractivity contribution in [1.29, 1.82) is 0 Å². The molecule has 0 saturated heterocycles. The highest BCUT2D eigenvalue weighted by atomic mass is 14.5. The molecule has 0 aromatic heterocycles.